The van der Waals surface area contributed by atoms with E-state index in [9.17, 15) is 9.59 Å². The maximum atomic E-state index is 12.1. The minimum Gasteiger partial charge on any atom is -0.467 e. The summed E-state index contributed by atoms with van der Waals surface area (Å²) in [6, 6.07) is 1.01. The number of hydrogen-bond donors (Lipinski definition) is 1. The summed E-state index contributed by atoms with van der Waals surface area (Å²) in [5.41, 5.74) is 1.29. The number of rotatable bonds is 5. The molecule has 19 heavy (non-hydrogen) atoms. The van der Waals surface area contributed by atoms with E-state index in [1.54, 1.807) is 25.4 Å². The van der Waals surface area contributed by atoms with E-state index in [1.807, 2.05) is 13.8 Å². The third kappa shape index (κ3) is 4.35. The molecule has 5 heteroatoms. The fourth-order valence-corrected chi connectivity index (χ4v) is 1.79. The van der Waals surface area contributed by atoms with E-state index in [0.717, 1.165) is 5.56 Å². The number of pyridine rings is 1. The van der Waals surface area contributed by atoms with Gasteiger partial charge in [-0.2, -0.15) is 0 Å². The van der Waals surface area contributed by atoms with Crippen molar-refractivity contribution in [3.05, 3.63) is 29.6 Å². The van der Waals surface area contributed by atoms with Gasteiger partial charge in [-0.3, -0.25) is 9.78 Å². The SMILES string of the molecule is COC(=O)C(CC(C)C)NC(=O)c1ccncc1C. The molecule has 0 saturated carbocycles. The summed E-state index contributed by atoms with van der Waals surface area (Å²) in [5, 5.41) is 2.71. The second kappa shape index (κ2) is 6.87. The van der Waals surface area contributed by atoms with E-state index < -0.39 is 12.0 Å². The number of aryl methyl sites for hydroxylation is 1. The van der Waals surface area contributed by atoms with Crippen LogP contribution in [0.5, 0.6) is 0 Å². The molecular weight excluding hydrogens is 244 g/mol. The summed E-state index contributed by atoms with van der Waals surface area (Å²) < 4.78 is 4.71. The number of ether oxygens (including phenoxy) is 1. The Morgan fingerprint density at radius 2 is 2.11 bits per heavy atom. The van der Waals surface area contributed by atoms with E-state index in [4.69, 9.17) is 4.74 Å². The lowest BCUT2D eigenvalue weighted by atomic mass is 10.0. The molecule has 0 fully saturated rings. The number of hydrogen-bond acceptors (Lipinski definition) is 4. The predicted molar refractivity (Wildman–Crippen MR) is 71.7 cm³/mol. The van der Waals surface area contributed by atoms with Crippen LogP contribution in [-0.4, -0.2) is 30.0 Å². The third-order valence-corrected chi connectivity index (χ3v) is 2.76. The van der Waals surface area contributed by atoms with E-state index in [-0.39, 0.29) is 11.8 Å². The highest BCUT2D eigenvalue weighted by molar-refractivity contribution is 5.97. The lowest BCUT2D eigenvalue weighted by molar-refractivity contribution is -0.143. The molecule has 1 unspecified atom stereocenters. The molecule has 0 saturated heterocycles. The molecule has 1 aromatic rings. The van der Waals surface area contributed by atoms with Crippen molar-refractivity contribution in [2.45, 2.75) is 33.2 Å². The molecule has 0 aliphatic rings. The summed E-state index contributed by atoms with van der Waals surface area (Å²) in [6.45, 7) is 5.77. The van der Waals surface area contributed by atoms with Gasteiger partial charge in [-0.15, -0.1) is 0 Å². The first-order valence-corrected chi connectivity index (χ1v) is 6.25. The van der Waals surface area contributed by atoms with Gasteiger partial charge in [0, 0.05) is 18.0 Å². The van der Waals surface area contributed by atoms with Crippen LogP contribution >= 0.6 is 0 Å². The Hall–Kier alpha value is -1.91. The number of carbonyl (C=O) groups is 2. The summed E-state index contributed by atoms with van der Waals surface area (Å²) >= 11 is 0. The lowest BCUT2D eigenvalue weighted by Crippen LogP contribution is -2.42. The molecular formula is C14H20N2O3. The van der Waals surface area contributed by atoms with Crippen LogP contribution in [0.25, 0.3) is 0 Å². The Labute approximate surface area is 113 Å². The molecule has 0 spiro atoms. The zero-order valence-corrected chi connectivity index (χ0v) is 11.8. The van der Waals surface area contributed by atoms with Gasteiger partial charge in [-0.05, 0) is 30.9 Å². The highest BCUT2D eigenvalue weighted by Crippen LogP contribution is 2.09. The summed E-state index contributed by atoms with van der Waals surface area (Å²) in [4.78, 5) is 27.7. The van der Waals surface area contributed by atoms with Crippen molar-refractivity contribution < 1.29 is 14.3 Å². The minimum absolute atomic E-state index is 0.280. The Morgan fingerprint density at radius 3 is 2.63 bits per heavy atom. The fourth-order valence-electron chi connectivity index (χ4n) is 1.79. The van der Waals surface area contributed by atoms with Crippen LogP contribution in [-0.2, 0) is 9.53 Å². The fraction of sp³-hybridized carbons (Fsp3) is 0.500. The minimum atomic E-state index is -0.620. The van der Waals surface area contributed by atoms with Gasteiger partial charge >= 0.3 is 5.97 Å². The number of methoxy groups -OCH3 is 1. The standard InChI is InChI=1S/C14H20N2O3/c1-9(2)7-12(14(18)19-4)16-13(17)11-5-6-15-8-10(11)3/h5-6,8-9,12H,7H2,1-4H3,(H,16,17). The van der Waals surface area contributed by atoms with Gasteiger partial charge in [-0.25, -0.2) is 4.79 Å². The summed E-state index contributed by atoms with van der Waals surface area (Å²) in [7, 11) is 1.32. The van der Waals surface area contributed by atoms with Gasteiger partial charge in [0.15, 0.2) is 0 Å². The van der Waals surface area contributed by atoms with Gasteiger partial charge in [0.2, 0.25) is 0 Å². The Bertz CT molecular complexity index is 458. The van der Waals surface area contributed by atoms with Gasteiger partial charge in [0.05, 0.1) is 7.11 Å². The first-order valence-electron chi connectivity index (χ1n) is 6.25. The predicted octanol–water partition coefficient (Wildman–Crippen LogP) is 1.71. The van der Waals surface area contributed by atoms with Gasteiger partial charge in [0.1, 0.15) is 6.04 Å². The molecule has 1 amide bonds. The largest absolute Gasteiger partial charge is 0.467 e. The highest BCUT2D eigenvalue weighted by atomic mass is 16.5. The first-order chi connectivity index (χ1) is 8.95. The van der Waals surface area contributed by atoms with Crippen molar-refractivity contribution in [3.63, 3.8) is 0 Å². The van der Waals surface area contributed by atoms with Crippen molar-refractivity contribution >= 4 is 11.9 Å². The molecule has 0 bridgehead atoms. The zero-order valence-electron chi connectivity index (χ0n) is 11.8. The molecule has 5 nitrogen and oxygen atoms in total. The quantitative estimate of drug-likeness (QED) is 0.822. The molecule has 104 valence electrons. The van der Waals surface area contributed by atoms with E-state index in [2.05, 4.69) is 10.3 Å². The third-order valence-electron chi connectivity index (χ3n) is 2.76. The van der Waals surface area contributed by atoms with Crippen LogP contribution in [0.3, 0.4) is 0 Å². The topological polar surface area (TPSA) is 68.3 Å². The average Bonchev–Trinajstić information content (AvgIpc) is 2.36. The number of aromatic nitrogens is 1. The number of esters is 1. The number of nitrogens with one attached hydrogen (secondary N) is 1. The van der Waals surface area contributed by atoms with Crippen molar-refractivity contribution in [3.8, 4) is 0 Å². The van der Waals surface area contributed by atoms with E-state index in [0.29, 0.717) is 12.0 Å². The van der Waals surface area contributed by atoms with Crippen molar-refractivity contribution in [2.24, 2.45) is 5.92 Å². The molecule has 0 radical (unpaired) electrons. The first kappa shape index (κ1) is 15.1. The maximum Gasteiger partial charge on any atom is 0.328 e. The average molecular weight is 264 g/mol. The molecule has 1 N–H and O–H groups in total. The van der Waals surface area contributed by atoms with Crippen molar-refractivity contribution in [2.75, 3.05) is 7.11 Å². The molecule has 1 heterocycles. The van der Waals surface area contributed by atoms with Crippen LogP contribution in [0.15, 0.2) is 18.5 Å². The molecule has 1 aromatic heterocycles. The molecule has 1 atom stereocenters. The second-order valence-corrected chi connectivity index (χ2v) is 4.87. The molecule has 0 aliphatic carbocycles. The number of nitrogens with zero attached hydrogens (tertiary/aromatic N) is 1. The Balaban J connectivity index is 2.82. The van der Waals surface area contributed by atoms with Crippen LogP contribution in [0.1, 0.15) is 36.2 Å². The molecule has 0 aliphatic heterocycles. The monoisotopic (exact) mass is 264 g/mol. The van der Waals surface area contributed by atoms with Crippen LogP contribution in [0.2, 0.25) is 0 Å². The summed E-state index contributed by atoms with van der Waals surface area (Å²) in [5.74, 6) is -0.423. The van der Waals surface area contributed by atoms with Crippen molar-refractivity contribution in [1.82, 2.24) is 10.3 Å². The van der Waals surface area contributed by atoms with Crippen LogP contribution in [0.4, 0.5) is 0 Å². The van der Waals surface area contributed by atoms with Gasteiger partial charge < -0.3 is 10.1 Å². The maximum absolute atomic E-state index is 12.1. The van der Waals surface area contributed by atoms with Crippen LogP contribution < -0.4 is 5.32 Å². The van der Waals surface area contributed by atoms with Gasteiger partial charge in [0.25, 0.3) is 5.91 Å². The molecule has 0 aromatic carbocycles. The van der Waals surface area contributed by atoms with Crippen LogP contribution in [0, 0.1) is 12.8 Å². The molecule has 1 rings (SSSR count). The zero-order chi connectivity index (χ0) is 14.4. The smallest absolute Gasteiger partial charge is 0.328 e. The van der Waals surface area contributed by atoms with Crippen molar-refractivity contribution in [1.29, 1.82) is 0 Å². The highest BCUT2D eigenvalue weighted by Gasteiger charge is 2.23. The lowest BCUT2D eigenvalue weighted by Gasteiger charge is -2.18. The Morgan fingerprint density at radius 1 is 1.42 bits per heavy atom. The number of amides is 1. The van der Waals surface area contributed by atoms with Gasteiger partial charge in [-0.1, -0.05) is 13.8 Å². The Kier molecular flexibility index (Phi) is 5.48. The van der Waals surface area contributed by atoms with E-state index in [1.165, 1.54) is 7.11 Å². The van der Waals surface area contributed by atoms with E-state index >= 15 is 0 Å². The number of carbonyl (C=O) groups excluding carboxylic acids is 2. The second-order valence-electron chi connectivity index (χ2n) is 4.87. The normalized spacial score (nSPS) is 12.1. The summed E-state index contributed by atoms with van der Waals surface area (Å²) in [6.07, 6.45) is 3.71.